The summed E-state index contributed by atoms with van der Waals surface area (Å²) in [5, 5.41) is 15.1. The fraction of sp³-hybridized carbons (Fsp3) is 0.571. The zero-order valence-electron chi connectivity index (χ0n) is 7.30. The molecule has 72 valence electrons. The van der Waals surface area contributed by atoms with E-state index in [9.17, 15) is 0 Å². The number of aryl methyl sites for hydroxylation is 1. The smallest absolute Gasteiger partial charge is 0.139 e. The molecule has 0 fully saturated rings. The maximum absolute atomic E-state index is 8.25. The molecule has 1 heterocycles. The van der Waals surface area contributed by atoms with E-state index in [1.54, 1.807) is 11.0 Å². The summed E-state index contributed by atoms with van der Waals surface area (Å²) in [6.07, 6.45) is 5.62. The van der Waals surface area contributed by atoms with Gasteiger partial charge in [0.15, 0.2) is 0 Å². The summed E-state index contributed by atoms with van der Waals surface area (Å²) in [7, 11) is 0. The third-order valence-corrected chi connectivity index (χ3v) is 1.67. The van der Waals surface area contributed by atoms with Crippen LogP contribution in [0, 0.1) is 0 Å². The quantitative estimate of drug-likeness (QED) is 0.224. The molecule has 0 amide bonds. The van der Waals surface area contributed by atoms with E-state index in [0.29, 0.717) is 6.42 Å². The molecule has 0 saturated carbocycles. The average molecular weight is 183 g/mol. The van der Waals surface area contributed by atoms with Crippen molar-refractivity contribution in [2.24, 2.45) is 10.9 Å². The Balaban J connectivity index is 2.08. The van der Waals surface area contributed by atoms with Crippen LogP contribution in [-0.4, -0.2) is 25.8 Å². The van der Waals surface area contributed by atoms with Gasteiger partial charge in [-0.15, -0.1) is 0 Å². The van der Waals surface area contributed by atoms with Gasteiger partial charge < -0.3 is 10.9 Å². The molecule has 6 heteroatoms. The van der Waals surface area contributed by atoms with Gasteiger partial charge >= 0.3 is 0 Å². The van der Waals surface area contributed by atoms with E-state index in [4.69, 9.17) is 10.9 Å². The Bertz CT molecular complexity index is 256. The van der Waals surface area contributed by atoms with Gasteiger partial charge in [-0.1, -0.05) is 5.16 Å². The number of oxime groups is 1. The van der Waals surface area contributed by atoms with Gasteiger partial charge in [0.05, 0.1) is 0 Å². The van der Waals surface area contributed by atoms with E-state index in [1.165, 1.54) is 6.33 Å². The van der Waals surface area contributed by atoms with Gasteiger partial charge in [0.25, 0.3) is 0 Å². The van der Waals surface area contributed by atoms with E-state index in [-0.39, 0.29) is 5.84 Å². The van der Waals surface area contributed by atoms with Crippen molar-refractivity contribution in [1.29, 1.82) is 0 Å². The molecular weight excluding hydrogens is 170 g/mol. The van der Waals surface area contributed by atoms with Gasteiger partial charge in [-0.3, -0.25) is 4.68 Å². The molecule has 0 atom stereocenters. The lowest BCUT2D eigenvalue weighted by Crippen LogP contribution is -2.11. The number of hydrogen-bond donors (Lipinski definition) is 2. The number of amidine groups is 1. The van der Waals surface area contributed by atoms with Gasteiger partial charge in [-0.05, 0) is 12.8 Å². The molecule has 1 rings (SSSR count). The molecular formula is C7H13N5O. The van der Waals surface area contributed by atoms with Crippen molar-refractivity contribution in [2.75, 3.05) is 0 Å². The molecule has 1 aromatic rings. The molecule has 0 aliphatic heterocycles. The highest BCUT2D eigenvalue weighted by molar-refractivity contribution is 5.79. The average Bonchev–Trinajstić information content (AvgIpc) is 2.64. The van der Waals surface area contributed by atoms with Crippen molar-refractivity contribution < 1.29 is 5.21 Å². The lowest BCUT2D eigenvalue weighted by atomic mass is 10.2. The monoisotopic (exact) mass is 183 g/mol. The molecule has 0 aromatic carbocycles. The van der Waals surface area contributed by atoms with Crippen LogP contribution < -0.4 is 5.73 Å². The zero-order valence-corrected chi connectivity index (χ0v) is 7.30. The minimum atomic E-state index is 0.276. The Morgan fingerprint density at radius 2 is 2.38 bits per heavy atom. The van der Waals surface area contributed by atoms with Crippen molar-refractivity contribution >= 4 is 5.84 Å². The minimum Gasteiger partial charge on any atom is -0.409 e. The van der Waals surface area contributed by atoms with Crippen LogP contribution >= 0.6 is 0 Å². The predicted octanol–water partition coefficient (Wildman–Crippen LogP) is 0.195. The fourth-order valence-electron chi connectivity index (χ4n) is 0.978. The van der Waals surface area contributed by atoms with E-state index < -0.39 is 0 Å². The first-order valence-corrected chi connectivity index (χ1v) is 4.11. The Labute approximate surface area is 76.1 Å². The molecule has 0 bridgehead atoms. The van der Waals surface area contributed by atoms with Crippen LogP contribution in [0.3, 0.4) is 0 Å². The molecule has 0 radical (unpaired) electrons. The summed E-state index contributed by atoms with van der Waals surface area (Å²) in [5.74, 6) is 0.276. The Hall–Kier alpha value is -1.59. The van der Waals surface area contributed by atoms with Crippen LogP contribution in [0.4, 0.5) is 0 Å². The third kappa shape index (κ3) is 3.55. The van der Waals surface area contributed by atoms with Crippen LogP contribution in [0.2, 0.25) is 0 Å². The van der Waals surface area contributed by atoms with Gasteiger partial charge in [0, 0.05) is 13.0 Å². The summed E-state index contributed by atoms with van der Waals surface area (Å²) in [6, 6.07) is 0. The second kappa shape index (κ2) is 5.13. The molecule has 0 aliphatic rings. The van der Waals surface area contributed by atoms with Crippen LogP contribution in [-0.2, 0) is 6.54 Å². The largest absolute Gasteiger partial charge is 0.409 e. The van der Waals surface area contributed by atoms with E-state index >= 15 is 0 Å². The molecule has 3 N–H and O–H groups in total. The summed E-state index contributed by atoms with van der Waals surface area (Å²) in [6.45, 7) is 0.818. The first-order valence-electron chi connectivity index (χ1n) is 4.11. The summed E-state index contributed by atoms with van der Waals surface area (Å²) >= 11 is 0. The van der Waals surface area contributed by atoms with E-state index in [1.807, 2.05) is 0 Å². The minimum absolute atomic E-state index is 0.276. The van der Waals surface area contributed by atoms with Crippen LogP contribution in [0.1, 0.15) is 19.3 Å². The molecule has 0 spiro atoms. The van der Waals surface area contributed by atoms with Crippen molar-refractivity contribution in [2.45, 2.75) is 25.8 Å². The Morgan fingerprint density at radius 1 is 1.54 bits per heavy atom. The van der Waals surface area contributed by atoms with Gasteiger partial charge in [0.1, 0.15) is 18.5 Å². The lowest BCUT2D eigenvalue weighted by Gasteiger charge is -1.99. The highest BCUT2D eigenvalue weighted by atomic mass is 16.4. The summed E-state index contributed by atoms with van der Waals surface area (Å²) < 4.78 is 1.76. The van der Waals surface area contributed by atoms with Crippen molar-refractivity contribution in [3.8, 4) is 0 Å². The first kappa shape index (κ1) is 9.50. The molecule has 0 aliphatic carbocycles. The molecule has 0 saturated heterocycles. The molecule has 1 aromatic heterocycles. The van der Waals surface area contributed by atoms with Crippen LogP contribution in [0.5, 0.6) is 0 Å². The number of nitrogens with zero attached hydrogens (tertiary/aromatic N) is 4. The highest BCUT2D eigenvalue weighted by Gasteiger charge is 1.94. The second-order valence-electron chi connectivity index (χ2n) is 2.71. The number of hydrogen-bond acceptors (Lipinski definition) is 4. The number of aromatic nitrogens is 3. The lowest BCUT2D eigenvalue weighted by molar-refractivity contribution is 0.316. The maximum Gasteiger partial charge on any atom is 0.139 e. The fourth-order valence-corrected chi connectivity index (χ4v) is 0.978. The Morgan fingerprint density at radius 3 is 3.00 bits per heavy atom. The van der Waals surface area contributed by atoms with Gasteiger partial charge in [-0.25, -0.2) is 4.98 Å². The SMILES string of the molecule is N/C(CCCCn1cncn1)=N/O. The highest BCUT2D eigenvalue weighted by Crippen LogP contribution is 1.97. The topological polar surface area (TPSA) is 89.3 Å². The molecule has 6 nitrogen and oxygen atoms in total. The van der Waals surface area contributed by atoms with Crippen molar-refractivity contribution in [3.05, 3.63) is 12.7 Å². The number of unbranched alkanes of at least 4 members (excludes halogenated alkanes) is 1. The third-order valence-electron chi connectivity index (χ3n) is 1.67. The number of rotatable bonds is 5. The summed E-state index contributed by atoms with van der Waals surface area (Å²) in [4.78, 5) is 3.82. The standard InChI is InChI=1S/C7H13N5O/c8-7(11-13)3-1-2-4-12-6-9-5-10-12/h5-6,13H,1-4H2,(H2,8,11). The molecule has 13 heavy (non-hydrogen) atoms. The zero-order chi connectivity index (χ0) is 9.52. The van der Waals surface area contributed by atoms with Gasteiger partial charge in [0.2, 0.25) is 0 Å². The summed E-state index contributed by atoms with van der Waals surface area (Å²) in [5.41, 5.74) is 5.30. The van der Waals surface area contributed by atoms with Gasteiger partial charge in [-0.2, -0.15) is 5.10 Å². The van der Waals surface area contributed by atoms with Crippen molar-refractivity contribution in [1.82, 2.24) is 14.8 Å². The van der Waals surface area contributed by atoms with Crippen LogP contribution in [0.25, 0.3) is 0 Å². The normalized spacial score (nSPS) is 11.8. The van der Waals surface area contributed by atoms with E-state index in [2.05, 4.69) is 15.2 Å². The van der Waals surface area contributed by atoms with Crippen molar-refractivity contribution in [3.63, 3.8) is 0 Å². The molecule has 0 unspecified atom stereocenters. The van der Waals surface area contributed by atoms with E-state index in [0.717, 1.165) is 19.4 Å². The first-order chi connectivity index (χ1) is 6.33. The second-order valence-corrected chi connectivity index (χ2v) is 2.71. The predicted molar refractivity (Wildman–Crippen MR) is 47.3 cm³/mol. The Kier molecular flexibility index (Phi) is 3.74. The van der Waals surface area contributed by atoms with Crippen LogP contribution in [0.15, 0.2) is 17.8 Å². The maximum atomic E-state index is 8.25. The number of nitrogens with two attached hydrogens (primary N) is 1.